The van der Waals surface area contributed by atoms with Gasteiger partial charge in [-0.2, -0.15) is 5.26 Å². The summed E-state index contributed by atoms with van der Waals surface area (Å²) in [6, 6.07) is 12.9. The normalized spacial score (nSPS) is 10.7. The van der Waals surface area contributed by atoms with Crippen LogP contribution in [0.5, 0.6) is 0 Å². The van der Waals surface area contributed by atoms with E-state index in [2.05, 4.69) is 16.4 Å². The van der Waals surface area contributed by atoms with Crippen molar-refractivity contribution in [1.82, 2.24) is 14.9 Å². The quantitative estimate of drug-likeness (QED) is 0.550. The van der Waals surface area contributed by atoms with E-state index in [1.165, 1.54) is 22.2 Å². The molecule has 0 atom stereocenters. The van der Waals surface area contributed by atoms with Crippen LogP contribution in [0.1, 0.15) is 11.1 Å². The first-order valence-corrected chi connectivity index (χ1v) is 10.2. The summed E-state index contributed by atoms with van der Waals surface area (Å²) < 4.78 is 1.33. The number of benzene rings is 1. The van der Waals surface area contributed by atoms with Crippen molar-refractivity contribution in [1.29, 1.82) is 5.26 Å². The second kappa shape index (κ2) is 7.76. The van der Waals surface area contributed by atoms with Gasteiger partial charge in [-0.25, -0.2) is 4.98 Å². The molecule has 0 aliphatic carbocycles. The van der Waals surface area contributed by atoms with Crippen LogP contribution in [0.2, 0.25) is 0 Å². The second-order valence-corrected chi connectivity index (χ2v) is 7.88. The lowest BCUT2D eigenvalue weighted by Crippen LogP contribution is -2.32. The summed E-state index contributed by atoms with van der Waals surface area (Å²) >= 11 is 2.99. The molecule has 0 fully saturated rings. The van der Waals surface area contributed by atoms with Gasteiger partial charge in [0.2, 0.25) is 5.91 Å². The van der Waals surface area contributed by atoms with Crippen molar-refractivity contribution in [3.05, 3.63) is 75.0 Å². The first-order valence-electron chi connectivity index (χ1n) is 8.42. The standard InChI is InChI=1S/C20H14N4O2S2/c21-8-13-3-5-14(6-4-13)9-22-17(25)10-24-12-23-19-18(20(24)26)15(11-28-19)16-2-1-7-27-16/h1-7,11-12H,9-10H2,(H,22,25). The number of nitriles is 1. The molecule has 0 unspecified atom stereocenters. The molecule has 0 spiro atoms. The fourth-order valence-corrected chi connectivity index (χ4v) is 4.52. The summed E-state index contributed by atoms with van der Waals surface area (Å²) in [4.78, 5) is 31.2. The Balaban J connectivity index is 1.52. The topological polar surface area (TPSA) is 87.8 Å². The molecule has 1 N–H and O–H groups in total. The number of carbonyl (C=O) groups is 1. The molecule has 3 heterocycles. The number of fused-ring (bicyclic) bond motifs is 1. The third kappa shape index (κ3) is 3.58. The smallest absolute Gasteiger partial charge is 0.263 e. The summed E-state index contributed by atoms with van der Waals surface area (Å²) in [5, 5.41) is 16.1. The Hall–Kier alpha value is -3.28. The third-order valence-corrected chi connectivity index (χ3v) is 6.02. The van der Waals surface area contributed by atoms with Crippen LogP contribution < -0.4 is 10.9 Å². The van der Waals surface area contributed by atoms with E-state index < -0.39 is 0 Å². The predicted molar refractivity (Wildman–Crippen MR) is 110 cm³/mol. The maximum Gasteiger partial charge on any atom is 0.263 e. The van der Waals surface area contributed by atoms with Crippen molar-refractivity contribution < 1.29 is 4.79 Å². The van der Waals surface area contributed by atoms with Crippen molar-refractivity contribution in [3.8, 4) is 16.5 Å². The molecule has 4 aromatic rings. The van der Waals surface area contributed by atoms with E-state index in [0.717, 1.165) is 16.0 Å². The Morgan fingerprint density at radius 2 is 2.04 bits per heavy atom. The molecule has 0 saturated carbocycles. The maximum atomic E-state index is 12.9. The highest BCUT2D eigenvalue weighted by atomic mass is 32.1. The van der Waals surface area contributed by atoms with Crippen LogP contribution in [0.4, 0.5) is 0 Å². The zero-order valence-corrected chi connectivity index (χ0v) is 16.2. The van der Waals surface area contributed by atoms with Gasteiger partial charge in [0.05, 0.1) is 23.3 Å². The van der Waals surface area contributed by atoms with Crippen molar-refractivity contribution in [3.63, 3.8) is 0 Å². The fraction of sp³-hybridized carbons (Fsp3) is 0.100. The Morgan fingerprint density at radius 1 is 1.21 bits per heavy atom. The largest absolute Gasteiger partial charge is 0.350 e. The molecule has 0 bridgehead atoms. The molecule has 3 aromatic heterocycles. The number of carbonyl (C=O) groups excluding carboxylic acids is 1. The Morgan fingerprint density at radius 3 is 2.75 bits per heavy atom. The maximum absolute atomic E-state index is 12.9. The lowest BCUT2D eigenvalue weighted by atomic mass is 10.1. The van der Waals surface area contributed by atoms with Gasteiger partial charge < -0.3 is 5.32 Å². The van der Waals surface area contributed by atoms with Gasteiger partial charge in [-0.05, 0) is 29.1 Å². The van der Waals surface area contributed by atoms with Crippen molar-refractivity contribution in [2.75, 3.05) is 0 Å². The number of hydrogen-bond donors (Lipinski definition) is 1. The van der Waals surface area contributed by atoms with Gasteiger partial charge in [-0.1, -0.05) is 18.2 Å². The average Bonchev–Trinajstić information content (AvgIpc) is 3.38. The number of hydrogen-bond acceptors (Lipinski definition) is 6. The molecule has 0 aliphatic heterocycles. The SMILES string of the molecule is N#Cc1ccc(CNC(=O)Cn2cnc3scc(-c4cccs4)c3c2=O)cc1. The summed E-state index contributed by atoms with van der Waals surface area (Å²) in [6.45, 7) is 0.228. The van der Waals surface area contributed by atoms with E-state index in [9.17, 15) is 9.59 Å². The first-order chi connectivity index (χ1) is 13.7. The van der Waals surface area contributed by atoms with Crippen LogP contribution in [0.3, 0.4) is 0 Å². The predicted octanol–water partition coefficient (Wildman–Crippen LogP) is 3.37. The number of rotatable bonds is 5. The fourth-order valence-electron chi connectivity index (χ4n) is 2.80. The van der Waals surface area contributed by atoms with E-state index in [1.807, 2.05) is 22.9 Å². The molecular weight excluding hydrogens is 392 g/mol. The summed E-state index contributed by atoms with van der Waals surface area (Å²) in [6.07, 6.45) is 1.42. The van der Waals surface area contributed by atoms with E-state index in [0.29, 0.717) is 22.3 Å². The molecule has 4 rings (SSSR count). The highest BCUT2D eigenvalue weighted by molar-refractivity contribution is 7.18. The minimum Gasteiger partial charge on any atom is -0.350 e. The molecule has 0 saturated heterocycles. The van der Waals surface area contributed by atoms with Crippen molar-refractivity contribution in [2.45, 2.75) is 13.1 Å². The molecule has 6 nitrogen and oxygen atoms in total. The van der Waals surface area contributed by atoms with E-state index in [4.69, 9.17) is 5.26 Å². The minimum atomic E-state index is -0.277. The van der Waals surface area contributed by atoms with Crippen LogP contribution in [0, 0.1) is 11.3 Å². The lowest BCUT2D eigenvalue weighted by Gasteiger charge is -2.08. The molecule has 1 amide bonds. The zero-order valence-electron chi connectivity index (χ0n) is 14.6. The van der Waals surface area contributed by atoms with Gasteiger partial charge in [-0.3, -0.25) is 14.2 Å². The van der Waals surface area contributed by atoms with E-state index >= 15 is 0 Å². The molecular formula is C20H14N4O2S2. The number of amides is 1. The van der Waals surface area contributed by atoms with E-state index in [-0.39, 0.29) is 18.0 Å². The van der Waals surface area contributed by atoms with Crippen molar-refractivity contribution in [2.24, 2.45) is 0 Å². The lowest BCUT2D eigenvalue weighted by molar-refractivity contribution is -0.121. The van der Waals surface area contributed by atoms with Gasteiger partial charge in [0.25, 0.3) is 5.56 Å². The zero-order chi connectivity index (χ0) is 19.5. The third-order valence-electron chi connectivity index (χ3n) is 4.23. The van der Waals surface area contributed by atoms with Gasteiger partial charge in [0.1, 0.15) is 11.4 Å². The molecule has 8 heteroatoms. The van der Waals surface area contributed by atoms with Gasteiger partial charge in [0.15, 0.2) is 0 Å². The molecule has 0 radical (unpaired) electrons. The van der Waals surface area contributed by atoms with Crippen LogP contribution >= 0.6 is 22.7 Å². The monoisotopic (exact) mass is 406 g/mol. The molecule has 1 aromatic carbocycles. The summed E-state index contributed by atoms with van der Waals surface area (Å²) in [5.74, 6) is -0.277. The van der Waals surface area contributed by atoms with E-state index in [1.54, 1.807) is 35.6 Å². The highest BCUT2D eigenvalue weighted by Gasteiger charge is 2.15. The highest BCUT2D eigenvalue weighted by Crippen LogP contribution is 2.33. The van der Waals surface area contributed by atoms with Crippen molar-refractivity contribution >= 4 is 38.8 Å². The van der Waals surface area contributed by atoms with Crippen LogP contribution in [-0.2, 0) is 17.9 Å². The van der Waals surface area contributed by atoms with Gasteiger partial charge in [-0.15, -0.1) is 22.7 Å². The number of thiophene rings is 2. The molecule has 0 aliphatic rings. The Kier molecular flexibility index (Phi) is 5.02. The van der Waals surface area contributed by atoms with Gasteiger partial charge in [0, 0.05) is 22.4 Å². The number of nitrogens with zero attached hydrogens (tertiary/aromatic N) is 3. The first kappa shape index (κ1) is 18.1. The summed E-state index contributed by atoms with van der Waals surface area (Å²) in [5.41, 5.74) is 2.09. The molecule has 138 valence electrons. The Labute approximate surface area is 168 Å². The summed E-state index contributed by atoms with van der Waals surface area (Å²) in [7, 11) is 0. The van der Waals surface area contributed by atoms with Gasteiger partial charge >= 0.3 is 0 Å². The van der Waals surface area contributed by atoms with Crippen LogP contribution in [0.15, 0.2) is 58.3 Å². The molecule has 28 heavy (non-hydrogen) atoms. The Bertz CT molecular complexity index is 1230. The number of nitrogens with one attached hydrogen (secondary N) is 1. The minimum absolute atomic E-state index is 0.0994. The second-order valence-electron chi connectivity index (χ2n) is 6.07. The van der Waals surface area contributed by atoms with Crippen LogP contribution in [0.25, 0.3) is 20.7 Å². The van der Waals surface area contributed by atoms with Crippen LogP contribution in [-0.4, -0.2) is 15.5 Å². The average molecular weight is 406 g/mol. The number of aromatic nitrogens is 2.